The summed E-state index contributed by atoms with van der Waals surface area (Å²) in [6.45, 7) is 2.52. The molecule has 0 unspecified atom stereocenters. The number of carbonyl (C=O) groups excluding carboxylic acids is 2. The van der Waals surface area contributed by atoms with Crippen LogP contribution in [0.15, 0.2) is 47.6 Å². The van der Waals surface area contributed by atoms with Gasteiger partial charge in [-0.25, -0.2) is 5.43 Å². The lowest BCUT2D eigenvalue weighted by molar-refractivity contribution is -0.120. The summed E-state index contributed by atoms with van der Waals surface area (Å²) >= 11 is 11.8. The molecule has 0 spiro atoms. The number of nitrogens with one attached hydrogen (secondary N) is 2. The van der Waals surface area contributed by atoms with Gasteiger partial charge in [-0.1, -0.05) is 42.6 Å². The maximum atomic E-state index is 12.1. The number of hydrogen-bond acceptors (Lipinski definition) is 4. The maximum absolute atomic E-state index is 12.1. The second kappa shape index (κ2) is 11.3. The van der Waals surface area contributed by atoms with E-state index in [2.05, 4.69) is 22.8 Å². The lowest BCUT2D eigenvalue weighted by atomic mass is 10.2. The topological polar surface area (TPSA) is 79.8 Å². The Labute approximate surface area is 173 Å². The molecule has 2 rings (SSSR count). The van der Waals surface area contributed by atoms with E-state index in [4.69, 9.17) is 27.9 Å². The molecule has 0 aliphatic heterocycles. The fourth-order valence-corrected chi connectivity index (χ4v) is 2.58. The van der Waals surface area contributed by atoms with Crippen molar-refractivity contribution >= 4 is 41.2 Å². The van der Waals surface area contributed by atoms with E-state index in [1.165, 1.54) is 6.21 Å². The van der Waals surface area contributed by atoms with Gasteiger partial charge in [0.05, 0.1) is 24.4 Å². The first kappa shape index (κ1) is 21.7. The summed E-state index contributed by atoms with van der Waals surface area (Å²) in [5.74, 6) is -0.118. The van der Waals surface area contributed by atoms with Crippen LogP contribution in [0.3, 0.4) is 0 Å². The van der Waals surface area contributed by atoms with Gasteiger partial charge in [0.1, 0.15) is 5.75 Å². The van der Waals surface area contributed by atoms with E-state index >= 15 is 0 Å². The average molecular weight is 422 g/mol. The SMILES string of the molecule is CCCCOc1ccc(C(=O)NCC(=O)N/N=C/c2ccc(Cl)cc2Cl)cc1. The van der Waals surface area contributed by atoms with Crippen molar-refractivity contribution in [1.82, 2.24) is 10.7 Å². The first-order valence-electron chi connectivity index (χ1n) is 8.77. The second-order valence-electron chi connectivity index (χ2n) is 5.87. The van der Waals surface area contributed by atoms with Crippen LogP contribution in [0.2, 0.25) is 10.0 Å². The molecule has 0 radical (unpaired) electrons. The first-order chi connectivity index (χ1) is 13.5. The Morgan fingerprint density at radius 3 is 2.57 bits per heavy atom. The molecule has 2 aromatic rings. The van der Waals surface area contributed by atoms with Crippen LogP contribution in [0.25, 0.3) is 0 Å². The van der Waals surface area contributed by atoms with Gasteiger partial charge >= 0.3 is 0 Å². The number of hydrogen-bond donors (Lipinski definition) is 2. The minimum atomic E-state index is -0.464. The number of ether oxygens (including phenoxy) is 1. The third-order valence-electron chi connectivity index (χ3n) is 3.65. The minimum absolute atomic E-state index is 0.209. The summed E-state index contributed by atoms with van der Waals surface area (Å²) in [6.07, 6.45) is 3.43. The van der Waals surface area contributed by atoms with Crippen molar-refractivity contribution in [2.45, 2.75) is 19.8 Å². The van der Waals surface area contributed by atoms with Crippen LogP contribution in [0.5, 0.6) is 5.75 Å². The van der Waals surface area contributed by atoms with E-state index < -0.39 is 5.91 Å². The van der Waals surface area contributed by atoms with Crippen molar-refractivity contribution in [3.8, 4) is 5.75 Å². The van der Waals surface area contributed by atoms with Crippen molar-refractivity contribution in [3.05, 3.63) is 63.6 Å². The highest BCUT2D eigenvalue weighted by molar-refractivity contribution is 6.36. The summed E-state index contributed by atoms with van der Waals surface area (Å²) in [7, 11) is 0. The third-order valence-corrected chi connectivity index (χ3v) is 4.21. The van der Waals surface area contributed by atoms with Crippen LogP contribution < -0.4 is 15.5 Å². The van der Waals surface area contributed by atoms with Crippen molar-refractivity contribution in [3.63, 3.8) is 0 Å². The molecule has 0 heterocycles. The molecule has 0 aliphatic carbocycles. The summed E-state index contributed by atoms with van der Waals surface area (Å²) in [6, 6.07) is 11.7. The normalized spacial score (nSPS) is 10.7. The Balaban J connectivity index is 1.77. The molecule has 2 aromatic carbocycles. The van der Waals surface area contributed by atoms with Gasteiger partial charge in [0.15, 0.2) is 0 Å². The molecule has 28 heavy (non-hydrogen) atoms. The Bertz CT molecular complexity index is 839. The maximum Gasteiger partial charge on any atom is 0.259 e. The number of amides is 2. The van der Waals surface area contributed by atoms with Crippen LogP contribution in [0.4, 0.5) is 0 Å². The number of rotatable bonds is 9. The highest BCUT2D eigenvalue weighted by Gasteiger charge is 2.08. The van der Waals surface area contributed by atoms with E-state index in [1.807, 2.05) is 0 Å². The fourth-order valence-electron chi connectivity index (χ4n) is 2.12. The molecular formula is C20H21Cl2N3O3. The zero-order chi connectivity index (χ0) is 20.4. The Morgan fingerprint density at radius 1 is 1.14 bits per heavy atom. The Hall–Kier alpha value is -2.57. The van der Waals surface area contributed by atoms with Gasteiger partial charge in [-0.05, 0) is 42.8 Å². The number of halogens is 2. The van der Waals surface area contributed by atoms with Gasteiger partial charge in [-0.2, -0.15) is 5.10 Å². The van der Waals surface area contributed by atoms with E-state index in [0.717, 1.165) is 12.8 Å². The van der Waals surface area contributed by atoms with Gasteiger partial charge < -0.3 is 10.1 Å². The molecule has 0 aliphatic rings. The molecule has 0 bridgehead atoms. The first-order valence-corrected chi connectivity index (χ1v) is 9.53. The highest BCUT2D eigenvalue weighted by Crippen LogP contribution is 2.19. The highest BCUT2D eigenvalue weighted by atomic mass is 35.5. The second-order valence-corrected chi connectivity index (χ2v) is 6.71. The molecule has 0 saturated heterocycles. The van der Waals surface area contributed by atoms with Crippen LogP contribution in [0, 0.1) is 0 Å². The lowest BCUT2D eigenvalue weighted by Gasteiger charge is -2.07. The standard InChI is InChI=1S/C20H21Cl2N3O3/c1-2-3-10-28-17-8-5-14(6-9-17)20(27)23-13-19(26)25-24-12-15-4-7-16(21)11-18(15)22/h4-9,11-12H,2-3,10,13H2,1H3,(H,23,27)(H,25,26)/b24-12+. The van der Waals surface area contributed by atoms with Crippen molar-refractivity contribution in [1.29, 1.82) is 0 Å². The molecule has 0 saturated carbocycles. The summed E-state index contributed by atoms with van der Waals surface area (Å²) in [5, 5.41) is 7.27. The van der Waals surface area contributed by atoms with Crippen LogP contribution in [-0.2, 0) is 4.79 Å². The van der Waals surface area contributed by atoms with Crippen LogP contribution in [0.1, 0.15) is 35.7 Å². The van der Waals surface area contributed by atoms with Gasteiger partial charge in [-0.3, -0.25) is 9.59 Å². The van der Waals surface area contributed by atoms with Gasteiger partial charge in [0.2, 0.25) is 0 Å². The molecule has 148 valence electrons. The summed E-state index contributed by atoms with van der Waals surface area (Å²) < 4.78 is 5.55. The van der Waals surface area contributed by atoms with E-state index in [-0.39, 0.29) is 12.5 Å². The van der Waals surface area contributed by atoms with Crippen LogP contribution >= 0.6 is 23.2 Å². The molecular weight excluding hydrogens is 401 g/mol. The molecule has 2 amide bonds. The number of carbonyl (C=O) groups is 2. The van der Waals surface area contributed by atoms with Crippen molar-refractivity contribution in [2.75, 3.05) is 13.2 Å². The lowest BCUT2D eigenvalue weighted by Crippen LogP contribution is -2.34. The Morgan fingerprint density at radius 2 is 1.89 bits per heavy atom. The predicted octanol–water partition coefficient (Wildman–Crippen LogP) is 4.05. The Kier molecular flexibility index (Phi) is 8.78. The van der Waals surface area contributed by atoms with Gasteiger partial charge in [-0.15, -0.1) is 0 Å². The zero-order valence-electron chi connectivity index (χ0n) is 15.4. The number of benzene rings is 2. The molecule has 0 atom stereocenters. The third kappa shape index (κ3) is 7.21. The molecule has 2 N–H and O–H groups in total. The van der Waals surface area contributed by atoms with Crippen molar-refractivity contribution in [2.24, 2.45) is 5.10 Å². The van der Waals surface area contributed by atoms with Gasteiger partial charge in [0.25, 0.3) is 11.8 Å². The van der Waals surface area contributed by atoms with E-state index in [1.54, 1.807) is 42.5 Å². The average Bonchev–Trinajstić information content (AvgIpc) is 2.68. The molecule has 0 aromatic heterocycles. The van der Waals surface area contributed by atoms with Crippen molar-refractivity contribution < 1.29 is 14.3 Å². The molecule has 0 fully saturated rings. The number of nitrogens with zero attached hydrogens (tertiary/aromatic N) is 1. The summed E-state index contributed by atoms with van der Waals surface area (Å²) in [5.41, 5.74) is 3.37. The quantitative estimate of drug-likeness (QED) is 0.364. The largest absolute Gasteiger partial charge is 0.494 e. The van der Waals surface area contributed by atoms with Gasteiger partial charge in [0, 0.05) is 16.1 Å². The summed E-state index contributed by atoms with van der Waals surface area (Å²) in [4.78, 5) is 23.9. The fraction of sp³-hybridized carbons (Fsp3) is 0.250. The minimum Gasteiger partial charge on any atom is -0.494 e. The number of hydrazone groups is 1. The molecule has 6 nitrogen and oxygen atoms in total. The monoisotopic (exact) mass is 421 g/mol. The zero-order valence-corrected chi connectivity index (χ0v) is 16.9. The smallest absolute Gasteiger partial charge is 0.259 e. The molecule has 8 heteroatoms. The van der Waals surface area contributed by atoms with Crippen LogP contribution in [-0.4, -0.2) is 31.2 Å². The predicted molar refractivity (Wildman–Crippen MR) is 111 cm³/mol. The van der Waals surface area contributed by atoms with E-state index in [0.29, 0.717) is 33.5 Å². The number of unbranched alkanes of at least 4 members (excludes halogenated alkanes) is 1. The van der Waals surface area contributed by atoms with E-state index in [9.17, 15) is 9.59 Å².